The first-order valence-electron chi connectivity index (χ1n) is 13.4. The van der Waals surface area contributed by atoms with E-state index in [1.807, 2.05) is 6.07 Å². The number of carbonyl (C=O) groups excluding carboxylic acids is 1. The fourth-order valence-electron chi connectivity index (χ4n) is 5.72. The number of amides is 1. The molecular formula is C29H36N4O4S. The van der Waals surface area contributed by atoms with Gasteiger partial charge in [-0.3, -0.25) is 9.59 Å². The molecule has 0 radical (unpaired) electrons. The van der Waals surface area contributed by atoms with Gasteiger partial charge in [-0.2, -0.15) is 4.31 Å². The average molecular weight is 537 g/mol. The van der Waals surface area contributed by atoms with Gasteiger partial charge in [0.15, 0.2) is 0 Å². The summed E-state index contributed by atoms with van der Waals surface area (Å²) in [6, 6.07) is 13.1. The molecule has 9 heteroatoms. The number of benzene rings is 2. The third kappa shape index (κ3) is 4.97. The number of nitrogens with zero attached hydrogens (tertiary/aromatic N) is 4. The lowest BCUT2D eigenvalue weighted by molar-refractivity contribution is 0.0724. The SMILES string of the molecule is Cc1cccc(N2CCN(C(=O)c3cn(C)c4ccc(S(=O)(=O)N5CCCCCC5)cc4c3=O)C[C@H]2C)c1. The van der Waals surface area contributed by atoms with Crippen LogP contribution in [0.4, 0.5) is 5.69 Å². The quantitative estimate of drug-likeness (QED) is 0.507. The Morgan fingerprint density at radius 3 is 2.37 bits per heavy atom. The molecule has 1 aromatic heterocycles. The van der Waals surface area contributed by atoms with Crippen molar-refractivity contribution in [3.8, 4) is 0 Å². The zero-order valence-corrected chi connectivity index (χ0v) is 23.2. The molecule has 0 saturated carbocycles. The molecule has 2 aromatic carbocycles. The highest BCUT2D eigenvalue weighted by atomic mass is 32.2. The van der Waals surface area contributed by atoms with Crippen LogP contribution in [0, 0.1) is 6.92 Å². The maximum Gasteiger partial charge on any atom is 0.259 e. The minimum absolute atomic E-state index is 0.0699. The van der Waals surface area contributed by atoms with Crippen molar-refractivity contribution in [3.63, 3.8) is 0 Å². The Labute approximate surface area is 224 Å². The predicted octanol–water partition coefficient (Wildman–Crippen LogP) is 3.76. The first-order valence-corrected chi connectivity index (χ1v) is 14.9. The molecule has 202 valence electrons. The van der Waals surface area contributed by atoms with E-state index in [0.29, 0.717) is 38.2 Å². The molecular weight excluding hydrogens is 500 g/mol. The van der Waals surface area contributed by atoms with Gasteiger partial charge in [-0.25, -0.2) is 8.42 Å². The summed E-state index contributed by atoms with van der Waals surface area (Å²) in [7, 11) is -1.94. The molecule has 0 N–H and O–H groups in total. The lowest BCUT2D eigenvalue weighted by Gasteiger charge is -2.41. The summed E-state index contributed by atoms with van der Waals surface area (Å²) in [5.74, 6) is -0.316. The van der Waals surface area contributed by atoms with Crippen molar-refractivity contribution < 1.29 is 13.2 Å². The fourth-order valence-corrected chi connectivity index (χ4v) is 7.26. The Morgan fingerprint density at radius 1 is 0.947 bits per heavy atom. The number of aromatic nitrogens is 1. The van der Waals surface area contributed by atoms with E-state index in [1.165, 1.54) is 15.9 Å². The first kappa shape index (κ1) is 26.4. The minimum Gasteiger partial charge on any atom is -0.365 e. The van der Waals surface area contributed by atoms with Gasteiger partial charge in [0.25, 0.3) is 5.91 Å². The summed E-state index contributed by atoms with van der Waals surface area (Å²) in [6.45, 7) is 6.79. The van der Waals surface area contributed by atoms with Gasteiger partial charge in [0.05, 0.1) is 10.4 Å². The van der Waals surface area contributed by atoms with Gasteiger partial charge in [-0.05, 0) is 62.6 Å². The number of fused-ring (bicyclic) bond motifs is 1. The molecule has 1 amide bonds. The molecule has 38 heavy (non-hydrogen) atoms. The zero-order chi connectivity index (χ0) is 27.0. The number of carbonyl (C=O) groups is 1. The van der Waals surface area contributed by atoms with Crippen LogP contribution in [0.25, 0.3) is 10.9 Å². The lowest BCUT2D eigenvalue weighted by atomic mass is 10.1. The number of hydrogen-bond acceptors (Lipinski definition) is 5. The van der Waals surface area contributed by atoms with Crippen LogP contribution >= 0.6 is 0 Å². The number of rotatable bonds is 4. The molecule has 0 aliphatic carbocycles. The highest BCUT2D eigenvalue weighted by molar-refractivity contribution is 7.89. The molecule has 3 aromatic rings. The Bertz CT molecular complexity index is 1520. The highest BCUT2D eigenvalue weighted by Gasteiger charge is 2.30. The third-order valence-electron chi connectivity index (χ3n) is 7.84. The molecule has 0 bridgehead atoms. The van der Waals surface area contributed by atoms with Crippen molar-refractivity contribution >= 4 is 32.5 Å². The Kier molecular flexibility index (Phi) is 7.33. The van der Waals surface area contributed by atoms with Gasteiger partial charge in [0, 0.05) is 63.1 Å². The second-order valence-electron chi connectivity index (χ2n) is 10.6. The van der Waals surface area contributed by atoms with E-state index < -0.39 is 15.5 Å². The molecule has 2 aliphatic rings. The largest absolute Gasteiger partial charge is 0.365 e. The topological polar surface area (TPSA) is 82.9 Å². The summed E-state index contributed by atoms with van der Waals surface area (Å²) >= 11 is 0. The Balaban J connectivity index is 1.44. The van der Waals surface area contributed by atoms with Gasteiger partial charge >= 0.3 is 0 Å². The monoisotopic (exact) mass is 536 g/mol. The summed E-state index contributed by atoms with van der Waals surface area (Å²) in [6.07, 6.45) is 5.29. The van der Waals surface area contributed by atoms with Crippen LogP contribution in [0.5, 0.6) is 0 Å². The predicted molar refractivity (Wildman–Crippen MR) is 150 cm³/mol. The van der Waals surface area contributed by atoms with Gasteiger partial charge in [0.2, 0.25) is 15.5 Å². The number of sulfonamides is 1. The molecule has 1 atom stereocenters. The van der Waals surface area contributed by atoms with Crippen molar-refractivity contribution in [2.45, 2.75) is 50.5 Å². The van der Waals surface area contributed by atoms with Gasteiger partial charge < -0.3 is 14.4 Å². The van der Waals surface area contributed by atoms with Crippen molar-refractivity contribution in [2.75, 3.05) is 37.6 Å². The van der Waals surface area contributed by atoms with E-state index >= 15 is 0 Å². The van der Waals surface area contributed by atoms with Crippen LogP contribution in [0.2, 0.25) is 0 Å². The van der Waals surface area contributed by atoms with Crippen LogP contribution in [-0.2, 0) is 17.1 Å². The first-order chi connectivity index (χ1) is 18.2. The average Bonchev–Trinajstić information content (AvgIpc) is 3.20. The molecule has 2 aliphatic heterocycles. The van der Waals surface area contributed by atoms with Crippen molar-refractivity contribution in [3.05, 3.63) is 70.0 Å². The Morgan fingerprint density at radius 2 is 1.68 bits per heavy atom. The van der Waals surface area contributed by atoms with Crippen LogP contribution in [0.15, 0.2) is 58.4 Å². The van der Waals surface area contributed by atoms with Crippen molar-refractivity contribution in [1.29, 1.82) is 0 Å². The highest BCUT2D eigenvalue weighted by Crippen LogP contribution is 2.25. The van der Waals surface area contributed by atoms with Gasteiger partial charge in [-0.15, -0.1) is 0 Å². The van der Waals surface area contributed by atoms with Crippen molar-refractivity contribution in [2.24, 2.45) is 7.05 Å². The summed E-state index contributed by atoms with van der Waals surface area (Å²) in [4.78, 5) is 31.3. The number of aryl methyl sites for hydroxylation is 2. The number of piperazine rings is 1. The number of anilines is 1. The van der Waals surface area contributed by atoms with E-state index in [0.717, 1.165) is 31.4 Å². The van der Waals surface area contributed by atoms with Gasteiger partial charge in [0.1, 0.15) is 5.56 Å². The molecule has 5 rings (SSSR count). The second-order valence-corrected chi connectivity index (χ2v) is 12.6. The number of pyridine rings is 1. The summed E-state index contributed by atoms with van der Waals surface area (Å²) in [5, 5.41) is 0.251. The Hall–Kier alpha value is -3.17. The zero-order valence-electron chi connectivity index (χ0n) is 22.4. The normalized spacial score (nSPS) is 19.5. The van der Waals surface area contributed by atoms with E-state index in [1.54, 1.807) is 34.8 Å². The molecule has 2 fully saturated rings. The summed E-state index contributed by atoms with van der Waals surface area (Å²) in [5.41, 5.74) is 2.55. The standard InChI is InChI=1S/C29H36N4O4S/c1-21-9-8-10-23(17-21)33-16-15-31(19-22(33)2)29(35)26-20-30(3)27-12-11-24(18-25(27)28(26)34)38(36,37)32-13-6-4-5-7-14-32/h8-12,17-18,20,22H,4-7,13-16,19H2,1-3H3/t22-/m1/s1. The van der Waals surface area contributed by atoms with E-state index in [4.69, 9.17) is 0 Å². The van der Waals surface area contributed by atoms with E-state index in [2.05, 4.69) is 36.9 Å². The van der Waals surface area contributed by atoms with Crippen LogP contribution in [0.1, 0.15) is 48.5 Å². The molecule has 2 saturated heterocycles. The molecule has 3 heterocycles. The molecule has 0 spiro atoms. The maximum absolute atomic E-state index is 13.6. The smallest absolute Gasteiger partial charge is 0.259 e. The lowest BCUT2D eigenvalue weighted by Crippen LogP contribution is -2.54. The fraction of sp³-hybridized carbons (Fsp3) is 0.448. The third-order valence-corrected chi connectivity index (χ3v) is 9.74. The van der Waals surface area contributed by atoms with Crippen LogP contribution in [-0.4, -0.2) is 66.9 Å². The molecule has 0 unspecified atom stereocenters. The van der Waals surface area contributed by atoms with Crippen molar-refractivity contribution in [1.82, 2.24) is 13.8 Å². The minimum atomic E-state index is -3.72. The van der Waals surface area contributed by atoms with Crippen LogP contribution < -0.4 is 10.3 Å². The number of hydrogen-bond donors (Lipinski definition) is 0. The van der Waals surface area contributed by atoms with E-state index in [9.17, 15) is 18.0 Å². The summed E-state index contributed by atoms with van der Waals surface area (Å²) < 4.78 is 30.0. The van der Waals surface area contributed by atoms with Gasteiger partial charge in [-0.1, -0.05) is 25.0 Å². The second kappa shape index (κ2) is 10.5. The maximum atomic E-state index is 13.6. The van der Waals surface area contributed by atoms with Crippen LogP contribution in [0.3, 0.4) is 0 Å². The molecule has 8 nitrogen and oxygen atoms in total. The van der Waals surface area contributed by atoms with E-state index in [-0.39, 0.29) is 27.8 Å².